The van der Waals surface area contributed by atoms with E-state index in [2.05, 4.69) is 33.0 Å². The molecule has 2 saturated heterocycles. The van der Waals surface area contributed by atoms with Crippen LogP contribution in [-0.4, -0.2) is 59.7 Å². The van der Waals surface area contributed by atoms with E-state index in [0.717, 1.165) is 57.3 Å². The molecule has 0 aromatic carbocycles. The maximum atomic E-state index is 5.84. The number of rotatable bonds is 5. The molecule has 2 atom stereocenters. The molecule has 4 rings (SSSR count). The zero-order chi connectivity index (χ0) is 17.1. The van der Waals surface area contributed by atoms with Crippen LogP contribution in [0.5, 0.6) is 0 Å². The van der Waals surface area contributed by atoms with E-state index in [-0.39, 0.29) is 0 Å². The van der Waals surface area contributed by atoms with Gasteiger partial charge in [-0.1, -0.05) is 6.07 Å². The van der Waals surface area contributed by atoms with Crippen molar-refractivity contribution >= 4 is 0 Å². The van der Waals surface area contributed by atoms with Crippen molar-refractivity contribution in [1.29, 1.82) is 0 Å². The summed E-state index contributed by atoms with van der Waals surface area (Å²) in [7, 11) is 0. The lowest BCUT2D eigenvalue weighted by atomic mass is 9.99. The number of morpholine rings is 1. The second kappa shape index (κ2) is 7.68. The number of aryl methyl sites for hydroxylation is 1. The lowest BCUT2D eigenvalue weighted by molar-refractivity contribution is 0.00754. The lowest BCUT2D eigenvalue weighted by Crippen LogP contribution is -2.50. The minimum Gasteiger partial charge on any atom is -0.465 e. The second-order valence-corrected chi connectivity index (χ2v) is 7.12. The number of likely N-dealkylation sites (tertiary alicyclic amines) is 1. The highest BCUT2D eigenvalue weighted by Gasteiger charge is 2.38. The van der Waals surface area contributed by atoms with Gasteiger partial charge in [-0.3, -0.25) is 14.8 Å². The quantitative estimate of drug-likeness (QED) is 0.836. The van der Waals surface area contributed by atoms with Gasteiger partial charge in [-0.05, 0) is 43.5 Å². The van der Waals surface area contributed by atoms with Crippen molar-refractivity contribution in [3.8, 4) is 0 Å². The van der Waals surface area contributed by atoms with Crippen molar-refractivity contribution in [3.05, 3.63) is 53.7 Å². The number of ether oxygens (including phenoxy) is 1. The summed E-state index contributed by atoms with van der Waals surface area (Å²) in [6, 6.07) is 9.47. The molecule has 0 amide bonds. The molecule has 134 valence electrons. The van der Waals surface area contributed by atoms with Gasteiger partial charge in [0.2, 0.25) is 0 Å². The van der Waals surface area contributed by atoms with Crippen molar-refractivity contribution in [3.63, 3.8) is 0 Å². The first-order chi connectivity index (χ1) is 12.3. The van der Waals surface area contributed by atoms with Crippen molar-refractivity contribution in [2.75, 3.05) is 32.8 Å². The molecule has 2 aliphatic rings. The van der Waals surface area contributed by atoms with E-state index in [4.69, 9.17) is 9.15 Å². The number of nitrogens with zero attached hydrogens (tertiary/aromatic N) is 3. The molecule has 5 heteroatoms. The van der Waals surface area contributed by atoms with Gasteiger partial charge in [-0.2, -0.15) is 0 Å². The van der Waals surface area contributed by atoms with Gasteiger partial charge in [-0.25, -0.2) is 0 Å². The summed E-state index contributed by atoms with van der Waals surface area (Å²) in [6.45, 7) is 7.81. The third-order valence-electron chi connectivity index (χ3n) is 5.46. The molecule has 0 unspecified atom stereocenters. The van der Waals surface area contributed by atoms with Crippen LogP contribution in [0.3, 0.4) is 0 Å². The number of hydrogen-bond acceptors (Lipinski definition) is 5. The minimum atomic E-state index is 0.493. The fourth-order valence-corrected chi connectivity index (χ4v) is 4.23. The fraction of sp³-hybridized carbons (Fsp3) is 0.550. The zero-order valence-electron chi connectivity index (χ0n) is 14.9. The van der Waals surface area contributed by atoms with E-state index in [1.54, 1.807) is 0 Å². The molecule has 2 fully saturated rings. The van der Waals surface area contributed by atoms with E-state index in [1.165, 1.54) is 12.0 Å². The first kappa shape index (κ1) is 16.8. The number of furan rings is 1. The first-order valence-electron chi connectivity index (χ1n) is 9.29. The molecular weight excluding hydrogens is 314 g/mol. The summed E-state index contributed by atoms with van der Waals surface area (Å²) in [4.78, 5) is 9.52. The molecule has 5 nitrogen and oxygen atoms in total. The van der Waals surface area contributed by atoms with Crippen LogP contribution in [-0.2, 0) is 17.7 Å². The Bertz CT molecular complexity index is 667. The third kappa shape index (κ3) is 3.94. The van der Waals surface area contributed by atoms with Gasteiger partial charge in [0.25, 0.3) is 0 Å². The normalized spacial score (nSPS) is 25.5. The summed E-state index contributed by atoms with van der Waals surface area (Å²) in [5, 5.41) is 0. The Kier molecular flexibility index (Phi) is 5.15. The van der Waals surface area contributed by atoms with Gasteiger partial charge >= 0.3 is 0 Å². The molecular formula is C20H27N3O2. The number of pyridine rings is 1. The minimum absolute atomic E-state index is 0.493. The Morgan fingerprint density at radius 1 is 1.16 bits per heavy atom. The Hall–Kier alpha value is -1.69. The molecule has 0 spiro atoms. The second-order valence-electron chi connectivity index (χ2n) is 7.12. The maximum absolute atomic E-state index is 5.84. The van der Waals surface area contributed by atoms with Gasteiger partial charge in [-0.15, -0.1) is 0 Å². The number of hydrogen-bond donors (Lipinski definition) is 0. The summed E-state index contributed by atoms with van der Waals surface area (Å²) in [5.74, 6) is 2.05. The standard InChI is InChI=1S/C20H27N3O2/c1-16-4-5-18(25-16)15-23-8-6-19(22-9-11-24-12-10-22)20(23)13-17-3-2-7-21-14-17/h2-5,7,14,19-20H,6,8-13,15H2,1H3/t19-,20+/m1/s1. The van der Waals surface area contributed by atoms with Crippen LogP contribution in [0, 0.1) is 6.92 Å². The molecule has 0 bridgehead atoms. The van der Waals surface area contributed by atoms with Crippen LogP contribution < -0.4 is 0 Å². The van der Waals surface area contributed by atoms with E-state index in [1.807, 2.05) is 25.4 Å². The summed E-state index contributed by atoms with van der Waals surface area (Å²) in [5.41, 5.74) is 1.31. The first-order valence-corrected chi connectivity index (χ1v) is 9.29. The van der Waals surface area contributed by atoms with Crippen molar-refractivity contribution in [2.45, 2.75) is 38.4 Å². The van der Waals surface area contributed by atoms with Gasteiger partial charge < -0.3 is 9.15 Å². The van der Waals surface area contributed by atoms with E-state index >= 15 is 0 Å². The van der Waals surface area contributed by atoms with Crippen LogP contribution in [0.25, 0.3) is 0 Å². The highest BCUT2D eigenvalue weighted by Crippen LogP contribution is 2.28. The van der Waals surface area contributed by atoms with Gasteiger partial charge in [0.15, 0.2) is 0 Å². The van der Waals surface area contributed by atoms with E-state index in [0.29, 0.717) is 12.1 Å². The van der Waals surface area contributed by atoms with Crippen molar-refractivity contribution in [1.82, 2.24) is 14.8 Å². The Balaban J connectivity index is 1.52. The van der Waals surface area contributed by atoms with E-state index in [9.17, 15) is 0 Å². The molecule has 0 radical (unpaired) electrons. The van der Waals surface area contributed by atoms with Gasteiger partial charge in [0.05, 0.1) is 19.8 Å². The molecule has 25 heavy (non-hydrogen) atoms. The van der Waals surface area contributed by atoms with Gasteiger partial charge in [0, 0.05) is 44.1 Å². The van der Waals surface area contributed by atoms with Crippen LogP contribution in [0.1, 0.15) is 23.5 Å². The average molecular weight is 341 g/mol. The number of aromatic nitrogens is 1. The maximum Gasteiger partial charge on any atom is 0.118 e. The van der Waals surface area contributed by atoms with Crippen molar-refractivity contribution in [2.24, 2.45) is 0 Å². The molecule has 0 N–H and O–H groups in total. The Labute approximate surface area is 149 Å². The fourth-order valence-electron chi connectivity index (χ4n) is 4.23. The lowest BCUT2D eigenvalue weighted by Gasteiger charge is -2.37. The Morgan fingerprint density at radius 2 is 2.04 bits per heavy atom. The highest BCUT2D eigenvalue weighted by molar-refractivity contribution is 5.14. The third-order valence-corrected chi connectivity index (χ3v) is 5.46. The largest absolute Gasteiger partial charge is 0.465 e. The summed E-state index contributed by atoms with van der Waals surface area (Å²) >= 11 is 0. The van der Waals surface area contributed by atoms with Crippen LogP contribution >= 0.6 is 0 Å². The molecule has 2 aromatic heterocycles. The van der Waals surface area contributed by atoms with Crippen molar-refractivity contribution < 1.29 is 9.15 Å². The molecule has 2 aromatic rings. The highest BCUT2D eigenvalue weighted by atomic mass is 16.5. The zero-order valence-corrected chi connectivity index (χ0v) is 14.9. The predicted molar refractivity (Wildman–Crippen MR) is 96.4 cm³/mol. The van der Waals surface area contributed by atoms with Gasteiger partial charge in [0.1, 0.15) is 11.5 Å². The predicted octanol–water partition coefficient (Wildman–Crippen LogP) is 2.50. The van der Waals surface area contributed by atoms with Crippen LogP contribution in [0.15, 0.2) is 41.1 Å². The SMILES string of the molecule is Cc1ccc(CN2CC[C@@H](N3CCOCC3)[C@@H]2Cc2cccnc2)o1. The summed E-state index contributed by atoms with van der Waals surface area (Å²) < 4.78 is 11.4. The molecule has 0 aliphatic carbocycles. The molecule has 4 heterocycles. The van der Waals surface area contributed by atoms with Crippen LogP contribution in [0.2, 0.25) is 0 Å². The Morgan fingerprint density at radius 3 is 2.76 bits per heavy atom. The topological polar surface area (TPSA) is 41.7 Å². The summed E-state index contributed by atoms with van der Waals surface area (Å²) in [6.07, 6.45) is 6.10. The molecule has 2 aliphatic heterocycles. The molecule has 0 saturated carbocycles. The van der Waals surface area contributed by atoms with Crippen LogP contribution in [0.4, 0.5) is 0 Å². The smallest absolute Gasteiger partial charge is 0.118 e. The van der Waals surface area contributed by atoms with E-state index < -0.39 is 0 Å². The average Bonchev–Trinajstić information content (AvgIpc) is 3.23. The monoisotopic (exact) mass is 341 g/mol.